The molecule has 7 heteroatoms. The Labute approximate surface area is 145 Å². The summed E-state index contributed by atoms with van der Waals surface area (Å²) < 4.78 is 11.0. The number of nitrogens with zero attached hydrogens (tertiary/aromatic N) is 4. The Morgan fingerprint density at radius 2 is 1.75 bits per heavy atom. The molecule has 0 N–H and O–H groups in total. The van der Waals surface area contributed by atoms with Crippen LogP contribution in [0, 0.1) is 13.8 Å². The van der Waals surface area contributed by atoms with E-state index in [-0.39, 0.29) is 5.41 Å². The van der Waals surface area contributed by atoms with Gasteiger partial charge in [0.2, 0.25) is 11.8 Å². The van der Waals surface area contributed by atoms with Crippen LogP contribution in [-0.4, -0.2) is 20.3 Å². The van der Waals surface area contributed by atoms with Gasteiger partial charge in [-0.05, 0) is 26.0 Å². The molecule has 24 heavy (non-hydrogen) atoms. The van der Waals surface area contributed by atoms with Crippen molar-refractivity contribution < 1.29 is 8.94 Å². The Hall–Kier alpha value is -2.15. The lowest BCUT2D eigenvalue weighted by Gasteiger charge is -2.10. The van der Waals surface area contributed by atoms with Gasteiger partial charge in [-0.15, -0.1) is 10.2 Å². The quantitative estimate of drug-likeness (QED) is 0.652. The topological polar surface area (TPSA) is 77.8 Å². The van der Waals surface area contributed by atoms with Crippen molar-refractivity contribution in [3.63, 3.8) is 0 Å². The first-order chi connectivity index (χ1) is 11.3. The molecule has 3 aromatic rings. The van der Waals surface area contributed by atoms with Crippen molar-refractivity contribution in [2.24, 2.45) is 0 Å². The number of hydrogen-bond donors (Lipinski definition) is 0. The normalized spacial score (nSPS) is 11.9. The number of benzene rings is 1. The van der Waals surface area contributed by atoms with Gasteiger partial charge in [0.25, 0.3) is 5.22 Å². The minimum atomic E-state index is -0.156. The summed E-state index contributed by atoms with van der Waals surface area (Å²) in [6, 6.07) is 6.17. The number of aryl methyl sites for hydroxylation is 2. The molecule has 1 aromatic carbocycles. The van der Waals surface area contributed by atoms with Gasteiger partial charge in [0.1, 0.15) is 0 Å². The van der Waals surface area contributed by atoms with Crippen LogP contribution in [-0.2, 0) is 11.2 Å². The van der Waals surface area contributed by atoms with Crippen LogP contribution in [0.4, 0.5) is 0 Å². The smallest absolute Gasteiger partial charge is 0.277 e. The van der Waals surface area contributed by atoms with Crippen LogP contribution in [0.1, 0.15) is 43.6 Å². The van der Waals surface area contributed by atoms with Crippen molar-refractivity contribution >= 4 is 11.8 Å². The fraction of sp³-hybridized carbons (Fsp3) is 0.412. The molecule has 3 rings (SSSR count). The SMILES string of the molecule is Cc1cc(C)cc(-c2nnc(SCc3noc(C(C)(C)C)n3)o2)c1. The molecule has 0 unspecified atom stereocenters. The van der Waals surface area contributed by atoms with E-state index < -0.39 is 0 Å². The summed E-state index contributed by atoms with van der Waals surface area (Å²) in [6.07, 6.45) is 0. The number of hydrogen-bond acceptors (Lipinski definition) is 7. The predicted octanol–water partition coefficient (Wildman–Crippen LogP) is 4.33. The third-order valence-corrected chi connectivity index (χ3v) is 4.12. The second-order valence-corrected chi connectivity index (χ2v) is 7.73. The zero-order valence-electron chi connectivity index (χ0n) is 14.5. The third kappa shape index (κ3) is 3.84. The first-order valence-corrected chi connectivity index (χ1v) is 8.68. The fourth-order valence-corrected chi connectivity index (χ4v) is 2.83. The first kappa shape index (κ1) is 16.7. The lowest BCUT2D eigenvalue weighted by Crippen LogP contribution is -2.11. The number of thioether (sulfide) groups is 1. The summed E-state index contributed by atoms with van der Waals surface area (Å²) in [6.45, 7) is 10.2. The van der Waals surface area contributed by atoms with Gasteiger partial charge < -0.3 is 8.94 Å². The van der Waals surface area contributed by atoms with Crippen LogP contribution in [0.25, 0.3) is 11.5 Å². The highest BCUT2D eigenvalue weighted by Gasteiger charge is 2.22. The molecular formula is C17H20N4O2S. The maximum absolute atomic E-state index is 5.73. The van der Waals surface area contributed by atoms with E-state index in [4.69, 9.17) is 8.94 Å². The van der Waals surface area contributed by atoms with E-state index in [1.54, 1.807) is 0 Å². The molecule has 0 bridgehead atoms. The van der Waals surface area contributed by atoms with Crippen LogP contribution in [0.15, 0.2) is 32.4 Å². The molecule has 2 heterocycles. The highest BCUT2D eigenvalue weighted by molar-refractivity contribution is 7.98. The average molecular weight is 344 g/mol. The minimum absolute atomic E-state index is 0.156. The summed E-state index contributed by atoms with van der Waals surface area (Å²) in [5, 5.41) is 12.7. The molecule has 0 radical (unpaired) electrons. The molecule has 0 aliphatic carbocycles. The number of aromatic nitrogens is 4. The third-order valence-electron chi connectivity index (χ3n) is 3.31. The van der Waals surface area contributed by atoms with Crippen LogP contribution < -0.4 is 0 Å². The Morgan fingerprint density at radius 1 is 1.04 bits per heavy atom. The number of rotatable bonds is 4. The van der Waals surface area contributed by atoms with Crippen molar-refractivity contribution in [2.75, 3.05) is 0 Å². The standard InChI is InChI=1S/C17H20N4O2S/c1-10-6-11(2)8-12(7-10)14-19-20-16(22-14)24-9-13-18-15(23-21-13)17(3,4)5/h6-8H,9H2,1-5H3. The summed E-state index contributed by atoms with van der Waals surface area (Å²) >= 11 is 1.40. The summed E-state index contributed by atoms with van der Waals surface area (Å²) in [5.74, 6) is 2.29. The zero-order chi connectivity index (χ0) is 17.3. The van der Waals surface area contributed by atoms with E-state index >= 15 is 0 Å². The van der Waals surface area contributed by atoms with E-state index in [9.17, 15) is 0 Å². The summed E-state index contributed by atoms with van der Waals surface area (Å²) in [7, 11) is 0. The van der Waals surface area contributed by atoms with E-state index in [2.05, 4.69) is 26.4 Å². The van der Waals surface area contributed by atoms with Crippen molar-refractivity contribution in [2.45, 2.75) is 51.0 Å². The van der Waals surface area contributed by atoms with Gasteiger partial charge >= 0.3 is 0 Å². The van der Waals surface area contributed by atoms with Gasteiger partial charge in [0.15, 0.2) is 5.82 Å². The minimum Gasteiger partial charge on any atom is -0.411 e. The molecule has 2 aromatic heterocycles. The molecule has 0 amide bonds. The monoisotopic (exact) mass is 344 g/mol. The van der Waals surface area contributed by atoms with Crippen LogP contribution in [0.3, 0.4) is 0 Å². The summed E-state index contributed by atoms with van der Waals surface area (Å²) in [5.41, 5.74) is 3.11. The highest BCUT2D eigenvalue weighted by atomic mass is 32.2. The lowest BCUT2D eigenvalue weighted by atomic mass is 9.97. The van der Waals surface area contributed by atoms with E-state index in [1.807, 2.05) is 46.8 Å². The van der Waals surface area contributed by atoms with Gasteiger partial charge in [-0.3, -0.25) is 0 Å². The second kappa shape index (κ2) is 6.39. The van der Waals surface area contributed by atoms with Crippen molar-refractivity contribution in [1.29, 1.82) is 0 Å². The predicted molar refractivity (Wildman–Crippen MR) is 91.8 cm³/mol. The molecule has 0 atom stereocenters. The highest BCUT2D eigenvalue weighted by Crippen LogP contribution is 2.27. The summed E-state index contributed by atoms with van der Waals surface area (Å²) in [4.78, 5) is 4.40. The lowest BCUT2D eigenvalue weighted by molar-refractivity contribution is 0.319. The Morgan fingerprint density at radius 3 is 2.38 bits per heavy atom. The van der Waals surface area contributed by atoms with E-state index in [0.717, 1.165) is 5.56 Å². The van der Waals surface area contributed by atoms with Gasteiger partial charge in [0, 0.05) is 11.0 Å². The molecule has 0 saturated carbocycles. The molecule has 0 aliphatic heterocycles. The first-order valence-electron chi connectivity index (χ1n) is 7.69. The van der Waals surface area contributed by atoms with Crippen molar-refractivity contribution in [3.8, 4) is 11.5 Å². The Bertz CT molecular complexity index is 828. The maximum Gasteiger partial charge on any atom is 0.277 e. The van der Waals surface area contributed by atoms with Gasteiger partial charge in [-0.2, -0.15) is 4.98 Å². The van der Waals surface area contributed by atoms with Gasteiger partial charge in [0.05, 0.1) is 5.75 Å². The maximum atomic E-state index is 5.73. The van der Waals surface area contributed by atoms with Crippen molar-refractivity contribution in [3.05, 3.63) is 41.0 Å². The molecule has 6 nitrogen and oxygen atoms in total. The molecule has 126 valence electrons. The van der Waals surface area contributed by atoms with Crippen LogP contribution in [0.5, 0.6) is 0 Å². The average Bonchev–Trinajstić information content (AvgIpc) is 3.13. The molecule has 0 aliphatic rings. The van der Waals surface area contributed by atoms with Crippen molar-refractivity contribution in [1.82, 2.24) is 20.3 Å². The zero-order valence-corrected chi connectivity index (χ0v) is 15.3. The molecule has 0 spiro atoms. The molecule has 0 fully saturated rings. The Kier molecular flexibility index (Phi) is 4.45. The van der Waals surface area contributed by atoms with Crippen LogP contribution in [0.2, 0.25) is 0 Å². The molecule has 0 saturated heterocycles. The second-order valence-electron chi connectivity index (χ2n) is 6.80. The van der Waals surface area contributed by atoms with Crippen LogP contribution >= 0.6 is 11.8 Å². The van der Waals surface area contributed by atoms with E-state index in [0.29, 0.717) is 28.6 Å². The van der Waals surface area contributed by atoms with Gasteiger partial charge in [-0.1, -0.05) is 54.9 Å². The van der Waals surface area contributed by atoms with E-state index in [1.165, 1.54) is 22.9 Å². The molecular weight excluding hydrogens is 324 g/mol. The Balaban J connectivity index is 1.69. The largest absolute Gasteiger partial charge is 0.411 e. The fourth-order valence-electron chi connectivity index (χ4n) is 2.23. The van der Waals surface area contributed by atoms with Gasteiger partial charge in [-0.25, -0.2) is 0 Å².